The molecule has 0 unspecified atom stereocenters. The molecule has 0 bridgehead atoms. The summed E-state index contributed by atoms with van der Waals surface area (Å²) in [5.41, 5.74) is 1.84. The quantitative estimate of drug-likeness (QED) is 0.712. The predicted molar refractivity (Wildman–Crippen MR) is 93.6 cm³/mol. The molecule has 8 nitrogen and oxygen atoms in total. The normalized spacial score (nSPS) is 12.4. The van der Waals surface area contributed by atoms with Crippen LogP contribution in [0.5, 0.6) is 5.75 Å². The van der Waals surface area contributed by atoms with Crippen molar-refractivity contribution >= 4 is 23.4 Å². The van der Waals surface area contributed by atoms with Crippen LogP contribution in [0.25, 0.3) is 0 Å². The molecule has 134 valence electrons. The monoisotopic (exact) mass is 354 g/mol. The molecule has 2 aromatic rings. The van der Waals surface area contributed by atoms with E-state index in [4.69, 9.17) is 4.74 Å². The van der Waals surface area contributed by atoms with Crippen LogP contribution in [0.15, 0.2) is 42.7 Å². The van der Waals surface area contributed by atoms with Crippen LogP contribution in [0.1, 0.15) is 22.3 Å². The molecule has 0 radical (unpaired) electrons. The van der Waals surface area contributed by atoms with E-state index in [0.29, 0.717) is 23.5 Å². The number of carbonyl (C=O) groups is 3. The molecule has 0 atom stereocenters. The van der Waals surface area contributed by atoms with Crippen molar-refractivity contribution in [2.75, 3.05) is 18.5 Å². The van der Waals surface area contributed by atoms with Gasteiger partial charge in [0.25, 0.3) is 11.8 Å². The molecular formula is C18H18N4O4. The van der Waals surface area contributed by atoms with Crippen LogP contribution in [-0.2, 0) is 16.1 Å². The van der Waals surface area contributed by atoms with Crippen molar-refractivity contribution in [3.05, 3.63) is 53.9 Å². The second-order valence-electron chi connectivity index (χ2n) is 5.69. The lowest BCUT2D eigenvalue weighted by Crippen LogP contribution is -2.31. The maximum atomic E-state index is 12.2. The molecule has 0 aliphatic carbocycles. The van der Waals surface area contributed by atoms with Gasteiger partial charge in [-0.05, 0) is 29.8 Å². The zero-order valence-electron chi connectivity index (χ0n) is 14.0. The van der Waals surface area contributed by atoms with Crippen LogP contribution in [-0.4, -0.2) is 35.9 Å². The second kappa shape index (κ2) is 8.11. The van der Waals surface area contributed by atoms with E-state index in [2.05, 4.69) is 20.9 Å². The highest BCUT2D eigenvalue weighted by molar-refractivity contribution is 5.99. The second-order valence-corrected chi connectivity index (χ2v) is 5.69. The van der Waals surface area contributed by atoms with Gasteiger partial charge in [-0.1, -0.05) is 6.07 Å². The van der Waals surface area contributed by atoms with Crippen molar-refractivity contribution in [3.8, 4) is 5.75 Å². The molecule has 1 aromatic carbocycles. The summed E-state index contributed by atoms with van der Waals surface area (Å²) in [4.78, 5) is 39.2. The third-order valence-electron chi connectivity index (χ3n) is 3.73. The van der Waals surface area contributed by atoms with Gasteiger partial charge >= 0.3 is 0 Å². The van der Waals surface area contributed by atoms with E-state index >= 15 is 0 Å². The number of anilines is 1. The molecule has 26 heavy (non-hydrogen) atoms. The van der Waals surface area contributed by atoms with E-state index < -0.39 is 0 Å². The van der Waals surface area contributed by atoms with Gasteiger partial charge in [0.15, 0.2) is 6.61 Å². The SMILES string of the molecule is O=C(CCNC(=O)c1ccc2c(c1)OCC(=O)N2)NCc1cccnc1. The fourth-order valence-electron chi connectivity index (χ4n) is 2.40. The molecule has 1 aliphatic rings. The molecule has 0 saturated carbocycles. The number of rotatable bonds is 6. The van der Waals surface area contributed by atoms with Crippen LogP contribution in [0.4, 0.5) is 5.69 Å². The number of amides is 3. The Labute approximate surface area is 150 Å². The largest absolute Gasteiger partial charge is 0.482 e. The predicted octanol–water partition coefficient (Wildman–Crippen LogP) is 0.849. The van der Waals surface area contributed by atoms with E-state index in [0.717, 1.165) is 5.56 Å². The zero-order chi connectivity index (χ0) is 18.4. The number of benzene rings is 1. The number of nitrogens with one attached hydrogen (secondary N) is 3. The molecule has 8 heteroatoms. The summed E-state index contributed by atoms with van der Waals surface area (Å²) in [7, 11) is 0. The molecule has 3 amide bonds. The Morgan fingerprint density at radius 1 is 1.23 bits per heavy atom. The highest BCUT2D eigenvalue weighted by atomic mass is 16.5. The number of carbonyl (C=O) groups excluding carboxylic acids is 3. The van der Waals surface area contributed by atoms with Gasteiger partial charge in [-0.2, -0.15) is 0 Å². The first kappa shape index (κ1) is 17.4. The molecule has 1 aromatic heterocycles. The van der Waals surface area contributed by atoms with Crippen molar-refractivity contribution in [1.29, 1.82) is 0 Å². The molecule has 2 heterocycles. The summed E-state index contributed by atoms with van der Waals surface area (Å²) in [6, 6.07) is 8.44. The van der Waals surface area contributed by atoms with Gasteiger partial charge in [-0.3, -0.25) is 19.4 Å². The number of aromatic nitrogens is 1. The van der Waals surface area contributed by atoms with Gasteiger partial charge in [0.1, 0.15) is 5.75 Å². The minimum absolute atomic E-state index is 0.0742. The zero-order valence-corrected chi connectivity index (χ0v) is 14.0. The Bertz CT molecular complexity index is 823. The maximum Gasteiger partial charge on any atom is 0.262 e. The minimum Gasteiger partial charge on any atom is -0.482 e. The van der Waals surface area contributed by atoms with Crippen molar-refractivity contribution in [2.24, 2.45) is 0 Å². The highest BCUT2D eigenvalue weighted by Crippen LogP contribution is 2.28. The minimum atomic E-state index is -0.312. The van der Waals surface area contributed by atoms with Crippen LogP contribution in [0.3, 0.4) is 0 Å². The molecule has 1 aliphatic heterocycles. The summed E-state index contributed by atoms with van der Waals surface area (Å²) in [5.74, 6) is -0.252. The van der Waals surface area contributed by atoms with Crippen LogP contribution >= 0.6 is 0 Å². The Balaban J connectivity index is 1.44. The number of hydrogen-bond donors (Lipinski definition) is 3. The Morgan fingerprint density at radius 2 is 2.12 bits per heavy atom. The summed E-state index contributed by atoms with van der Waals surface area (Å²) in [6.45, 7) is 0.538. The van der Waals surface area contributed by atoms with Gasteiger partial charge in [-0.25, -0.2) is 0 Å². The first-order valence-electron chi connectivity index (χ1n) is 8.12. The number of fused-ring (bicyclic) bond motifs is 1. The van der Waals surface area contributed by atoms with E-state index in [-0.39, 0.29) is 37.3 Å². The lowest BCUT2D eigenvalue weighted by molar-refractivity contribution is -0.121. The summed E-state index contributed by atoms with van der Waals surface area (Å²) in [6.07, 6.45) is 3.52. The van der Waals surface area contributed by atoms with Gasteiger partial charge < -0.3 is 20.7 Å². The van der Waals surface area contributed by atoms with Crippen molar-refractivity contribution < 1.29 is 19.1 Å². The Hall–Kier alpha value is -3.42. The summed E-state index contributed by atoms with van der Waals surface area (Å²) >= 11 is 0. The summed E-state index contributed by atoms with van der Waals surface area (Å²) in [5, 5.41) is 8.11. The van der Waals surface area contributed by atoms with Gasteiger partial charge in [-0.15, -0.1) is 0 Å². The number of nitrogens with zero attached hydrogens (tertiary/aromatic N) is 1. The lowest BCUT2D eigenvalue weighted by Gasteiger charge is -2.18. The highest BCUT2D eigenvalue weighted by Gasteiger charge is 2.17. The first-order valence-corrected chi connectivity index (χ1v) is 8.12. The fourth-order valence-corrected chi connectivity index (χ4v) is 2.40. The Morgan fingerprint density at radius 3 is 2.92 bits per heavy atom. The number of ether oxygens (including phenoxy) is 1. The van der Waals surface area contributed by atoms with Crippen molar-refractivity contribution in [1.82, 2.24) is 15.6 Å². The molecule has 3 rings (SSSR count). The van der Waals surface area contributed by atoms with Gasteiger partial charge in [0, 0.05) is 37.5 Å². The van der Waals surface area contributed by atoms with Crippen molar-refractivity contribution in [3.63, 3.8) is 0 Å². The first-order chi connectivity index (χ1) is 12.6. The molecular weight excluding hydrogens is 336 g/mol. The van der Waals surface area contributed by atoms with Gasteiger partial charge in [0.05, 0.1) is 5.69 Å². The van der Waals surface area contributed by atoms with E-state index in [9.17, 15) is 14.4 Å². The lowest BCUT2D eigenvalue weighted by atomic mass is 10.1. The standard InChI is InChI=1S/C18H18N4O4/c23-16(21-10-12-2-1-6-19-9-12)5-7-20-18(25)13-3-4-14-15(8-13)26-11-17(24)22-14/h1-4,6,8-9H,5,7,10-11H2,(H,20,25)(H,21,23)(H,22,24). The van der Waals surface area contributed by atoms with E-state index in [1.54, 1.807) is 36.7 Å². The summed E-state index contributed by atoms with van der Waals surface area (Å²) < 4.78 is 5.28. The fraction of sp³-hybridized carbons (Fsp3) is 0.222. The molecule has 0 spiro atoms. The number of hydrogen-bond acceptors (Lipinski definition) is 5. The van der Waals surface area contributed by atoms with Gasteiger partial charge in [0.2, 0.25) is 5.91 Å². The third kappa shape index (κ3) is 4.56. The third-order valence-corrected chi connectivity index (χ3v) is 3.73. The maximum absolute atomic E-state index is 12.2. The topological polar surface area (TPSA) is 109 Å². The average molecular weight is 354 g/mol. The molecule has 3 N–H and O–H groups in total. The molecule has 0 saturated heterocycles. The van der Waals surface area contributed by atoms with E-state index in [1.165, 1.54) is 0 Å². The van der Waals surface area contributed by atoms with Crippen molar-refractivity contribution in [2.45, 2.75) is 13.0 Å². The smallest absolute Gasteiger partial charge is 0.262 e. The van der Waals surface area contributed by atoms with Crippen LogP contribution < -0.4 is 20.7 Å². The Kier molecular flexibility index (Phi) is 5.43. The molecule has 0 fully saturated rings. The number of pyridine rings is 1. The van der Waals surface area contributed by atoms with Crippen LogP contribution in [0.2, 0.25) is 0 Å². The van der Waals surface area contributed by atoms with Crippen LogP contribution in [0, 0.1) is 0 Å². The average Bonchev–Trinajstić information content (AvgIpc) is 2.66. The van der Waals surface area contributed by atoms with E-state index in [1.807, 2.05) is 6.07 Å².